The fourth-order valence-corrected chi connectivity index (χ4v) is 2.81. The van der Waals surface area contributed by atoms with Crippen LogP contribution in [0.3, 0.4) is 0 Å². The summed E-state index contributed by atoms with van der Waals surface area (Å²) < 4.78 is 0. The Morgan fingerprint density at radius 1 is 1.52 bits per heavy atom. The van der Waals surface area contributed by atoms with E-state index in [4.69, 9.17) is 22.4 Å². The van der Waals surface area contributed by atoms with Crippen LogP contribution in [0.4, 0.5) is 11.4 Å². The van der Waals surface area contributed by atoms with Crippen LogP contribution in [0.15, 0.2) is 18.2 Å². The van der Waals surface area contributed by atoms with Gasteiger partial charge in [-0.1, -0.05) is 11.6 Å². The van der Waals surface area contributed by atoms with E-state index in [1.807, 2.05) is 0 Å². The lowest BCUT2D eigenvalue weighted by molar-refractivity contribution is -0.116. The van der Waals surface area contributed by atoms with Crippen LogP contribution in [0.25, 0.3) is 0 Å². The molecule has 0 radical (unpaired) electrons. The first-order valence-corrected chi connectivity index (χ1v) is 7.64. The number of halogens is 1. The largest absolute Gasteiger partial charge is 0.399 e. The lowest BCUT2D eigenvalue weighted by Crippen LogP contribution is -2.24. The van der Waals surface area contributed by atoms with Gasteiger partial charge >= 0.3 is 0 Å². The van der Waals surface area contributed by atoms with Gasteiger partial charge in [-0.05, 0) is 50.0 Å². The molecule has 1 aliphatic rings. The monoisotopic (exact) mass is 311 g/mol. The molecule has 21 heavy (non-hydrogen) atoms. The third-order valence-corrected chi connectivity index (χ3v) is 4.09. The molecular weight excluding hydrogens is 290 g/mol. The molecule has 116 valence electrons. The Labute approximate surface area is 130 Å². The van der Waals surface area contributed by atoms with Gasteiger partial charge in [-0.25, -0.2) is 0 Å². The standard InChI is InChI=1S/C15H22ClN3O2/c16-13-8-12(17)3-4-14(13)18-15(21)2-1-6-19-7-5-11(9-19)10-20/h3-4,8,11,20H,1-2,5-7,9-10,17H2,(H,18,21). The van der Waals surface area contributed by atoms with Crippen LogP contribution >= 0.6 is 11.6 Å². The average Bonchev–Trinajstić information content (AvgIpc) is 2.90. The molecule has 1 aliphatic heterocycles. The highest BCUT2D eigenvalue weighted by molar-refractivity contribution is 6.34. The van der Waals surface area contributed by atoms with Crippen molar-refractivity contribution in [3.8, 4) is 0 Å². The molecule has 5 nitrogen and oxygen atoms in total. The van der Waals surface area contributed by atoms with Crippen LogP contribution in [-0.4, -0.2) is 42.2 Å². The summed E-state index contributed by atoms with van der Waals surface area (Å²) in [4.78, 5) is 14.2. The van der Waals surface area contributed by atoms with E-state index in [2.05, 4.69) is 10.2 Å². The Morgan fingerprint density at radius 3 is 3.00 bits per heavy atom. The summed E-state index contributed by atoms with van der Waals surface area (Å²) in [6.45, 7) is 3.09. The Balaban J connectivity index is 1.70. The third kappa shape index (κ3) is 4.88. The van der Waals surface area contributed by atoms with Crippen LogP contribution in [0.1, 0.15) is 19.3 Å². The van der Waals surface area contributed by atoms with Gasteiger partial charge < -0.3 is 21.1 Å². The van der Waals surface area contributed by atoms with Gasteiger partial charge in [0.1, 0.15) is 0 Å². The maximum Gasteiger partial charge on any atom is 0.224 e. The van der Waals surface area contributed by atoms with Crippen molar-refractivity contribution in [3.05, 3.63) is 23.2 Å². The van der Waals surface area contributed by atoms with Crippen molar-refractivity contribution >= 4 is 28.9 Å². The van der Waals surface area contributed by atoms with Crippen molar-refractivity contribution in [3.63, 3.8) is 0 Å². The Hall–Kier alpha value is -1.30. The lowest BCUT2D eigenvalue weighted by atomic mass is 10.1. The van der Waals surface area contributed by atoms with E-state index in [0.717, 1.165) is 32.5 Å². The summed E-state index contributed by atoms with van der Waals surface area (Å²) in [5.41, 5.74) is 6.78. The highest BCUT2D eigenvalue weighted by Gasteiger charge is 2.21. The first-order chi connectivity index (χ1) is 10.1. The number of anilines is 2. The summed E-state index contributed by atoms with van der Waals surface area (Å²) in [7, 11) is 0. The second kappa shape index (κ2) is 7.64. The summed E-state index contributed by atoms with van der Waals surface area (Å²) in [6, 6.07) is 5.04. The quantitative estimate of drug-likeness (QED) is 0.702. The van der Waals surface area contributed by atoms with Gasteiger partial charge in [-0.3, -0.25) is 4.79 Å². The molecule has 1 unspecified atom stereocenters. The van der Waals surface area contributed by atoms with Crippen LogP contribution in [0.2, 0.25) is 5.02 Å². The maximum absolute atomic E-state index is 11.9. The van der Waals surface area contributed by atoms with E-state index >= 15 is 0 Å². The second-order valence-electron chi connectivity index (χ2n) is 5.53. The minimum absolute atomic E-state index is 0.0421. The molecule has 0 aromatic heterocycles. The molecule has 6 heteroatoms. The van der Waals surface area contributed by atoms with E-state index in [9.17, 15) is 4.79 Å². The van der Waals surface area contributed by atoms with Crippen LogP contribution in [0.5, 0.6) is 0 Å². The maximum atomic E-state index is 11.9. The number of carbonyl (C=O) groups excluding carboxylic acids is 1. The number of likely N-dealkylation sites (tertiary alicyclic amines) is 1. The number of aliphatic hydroxyl groups excluding tert-OH is 1. The molecule has 1 aromatic carbocycles. The number of nitrogens with zero attached hydrogens (tertiary/aromatic N) is 1. The first-order valence-electron chi connectivity index (χ1n) is 7.26. The molecule has 1 fully saturated rings. The number of nitrogen functional groups attached to an aromatic ring is 1. The summed E-state index contributed by atoms with van der Waals surface area (Å²) >= 11 is 6.02. The van der Waals surface area contributed by atoms with Gasteiger partial charge in [0.15, 0.2) is 0 Å². The van der Waals surface area contributed by atoms with Gasteiger partial charge in [0, 0.05) is 25.3 Å². The van der Waals surface area contributed by atoms with Crippen LogP contribution < -0.4 is 11.1 Å². The third-order valence-electron chi connectivity index (χ3n) is 3.77. The molecule has 1 heterocycles. The molecule has 0 aliphatic carbocycles. The molecule has 1 saturated heterocycles. The molecule has 1 aromatic rings. The highest BCUT2D eigenvalue weighted by atomic mass is 35.5. The number of benzene rings is 1. The predicted molar refractivity (Wildman–Crippen MR) is 85.4 cm³/mol. The smallest absolute Gasteiger partial charge is 0.224 e. The van der Waals surface area contributed by atoms with E-state index in [1.165, 1.54) is 0 Å². The second-order valence-corrected chi connectivity index (χ2v) is 5.94. The highest BCUT2D eigenvalue weighted by Crippen LogP contribution is 2.24. The SMILES string of the molecule is Nc1ccc(NC(=O)CCCN2CCC(CO)C2)c(Cl)c1. The Bertz CT molecular complexity index is 496. The zero-order chi connectivity index (χ0) is 15.2. The Morgan fingerprint density at radius 2 is 2.33 bits per heavy atom. The molecular formula is C15H22ClN3O2. The molecule has 2 rings (SSSR count). The number of amides is 1. The van der Waals surface area contributed by atoms with Gasteiger partial charge in [-0.15, -0.1) is 0 Å². The van der Waals surface area contributed by atoms with Crippen molar-refractivity contribution in [1.82, 2.24) is 4.90 Å². The minimum Gasteiger partial charge on any atom is -0.399 e. The average molecular weight is 312 g/mol. The zero-order valence-corrected chi connectivity index (χ0v) is 12.8. The van der Waals surface area contributed by atoms with Crippen LogP contribution in [0, 0.1) is 5.92 Å². The van der Waals surface area contributed by atoms with Crippen molar-refractivity contribution in [2.75, 3.05) is 37.3 Å². The minimum atomic E-state index is -0.0421. The van der Waals surface area contributed by atoms with Crippen molar-refractivity contribution < 1.29 is 9.90 Å². The molecule has 1 amide bonds. The van der Waals surface area contributed by atoms with E-state index in [-0.39, 0.29) is 12.5 Å². The topological polar surface area (TPSA) is 78.6 Å². The summed E-state index contributed by atoms with van der Waals surface area (Å²) in [5.74, 6) is 0.354. The van der Waals surface area contributed by atoms with Gasteiger partial charge in [-0.2, -0.15) is 0 Å². The lowest BCUT2D eigenvalue weighted by Gasteiger charge is -2.15. The molecule has 0 spiro atoms. The number of hydrogen-bond donors (Lipinski definition) is 3. The number of nitrogens with two attached hydrogens (primary N) is 1. The van der Waals surface area contributed by atoms with Gasteiger partial charge in [0.25, 0.3) is 0 Å². The summed E-state index contributed by atoms with van der Waals surface area (Å²) in [5, 5.41) is 12.3. The zero-order valence-electron chi connectivity index (χ0n) is 12.0. The van der Waals surface area contributed by atoms with E-state index in [1.54, 1.807) is 18.2 Å². The molecule has 1 atom stereocenters. The Kier molecular flexibility index (Phi) is 5.85. The van der Waals surface area contributed by atoms with Gasteiger partial charge in [0.05, 0.1) is 10.7 Å². The van der Waals surface area contributed by atoms with Crippen LogP contribution in [-0.2, 0) is 4.79 Å². The number of carbonyl (C=O) groups is 1. The molecule has 0 saturated carbocycles. The molecule has 4 N–H and O–H groups in total. The number of rotatable bonds is 6. The number of aliphatic hydroxyl groups is 1. The van der Waals surface area contributed by atoms with Gasteiger partial charge in [0.2, 0.25) is 5.91 Å². The number of nitrogens with one attached hydrogen (secondary N) is 1. The summed E-state index contributed by atoms with van der Waals surface area (Å²) in [6.07, 6.45) is 2.31. The van der Waals surface area contributed by atoms with Crippen molar-refractivity contribution in [2.24, 2.45) is 5.92 Å². The van der Waals surface area contributed by atoms with Crippen molar-refractivity contribution in [2.45, 2.75) is 19.3 Å². The van der Waals surface area contributed by atoms with Crippen molar-refractivity contribution in [1.29, 1.82) is 0 Å². The fourth-order valence-electron chi connectivity index (χ4n) is 2.57. The number of hydrogen-bond acceptors (Lipinski definition) is 4. The van der Waals surface area contributed by atoms with E-state index < -0.39 is 0 Å². The predicted octanol–water partition coefficient (Wildman–Crippen LogP) is 1.96. The van der Waals surface area contributed by atoms with E-state index in [0.29, 0.717) is 28.7 Å². The molecule has 0 bridgehead atoms. The normalized spacial score (nSPS) is 18.9. The first kappa shape index (κ1) is 16.1. The fraction of sp³-hybridized carbons (Fsp3) is 0.533.